The van der Waals surface area contributed by atoms with Gasteiger partial charge in [0.05, 0.1) is 0 Å². The smallest absolute Gasteiger partial charge is 0.358 e. The summed E-state index contributed by atoms with van der Waals surface area (Å²) in [4.78, 5) is 10.2. The molecule has 1 rings (SSSR count). The summed E-state index contributed by atoms with van der Waals surface area (Å²) in [6, 6.07) is 0. The summed E-state index contributed by atoms with van der Waals surface area (Å²) in [5.74, 6) is -1.05. The predicted octanol–water partition coefficient (Wildman–Crippen LogP) is 0.681. The summed E-state index contributed by atoms with van der Waals surface area (Å²) in [5.41, 5.74) is 0.525. The number of nitrogens with zero attached hydrogens (tertiary/aromatic N) is 1. The van der Waals surface area contributed by atoms with Gasteiger partial charge in [-0.3, -0.25) is 0 Å². The van der Waals surface area contributed by atoms with Gasteiger partial charge in [0.1, 0.15) is 6.26 Å². The van der Waals surface area contributed by atoms with Gasteiger partial charge in [0, 0.05) is 5.56 Å². The third-order valence-corrected chi connectivity index (χ3v) is 0.950. The number of aromatic carboxylic acids is 1. The molecule has 48 valence electrons. The van der Waals surface area contributed by atoms with Crippen molar-refractivity contribution in [2.24, 2.45) is 0 Å². The summed E-state index contributed by atoms with van der Waals surface area (Å²) in [5, 5.41) is 11.6. The van der Waals surface area contributed by atoms with Crippen LogP contribution < -0.4 is 0 Å². The number of carbonyl (C=O) groups is 1. The minimum Gasteiger partial charge on any atom is -0.476 e. The molecule has 4 heteroatoms. The van der Waals surface area contributed by atoms with E-state index in [0.717, 1.165) is 0 Å². The van der Waals surface area contributed by atoms with Crippen molar-refractivity contribution in [3.63, 3.8) is 0 Å². The lowest BCUT2D eigenvalue weighted by Crippen LogP contribution is -1.97. The predicted molar refractivity (Wildman–Crippen MR) is 28.2 cm³/mol. The molecule has 1 aromatic rings. The fraction of sp³-hybridized carbons (Fsp3) is 0.200. The van der Waals surface area contributed by atoms with Crippen molar-refractivity contribution in [3.8, 4) is 0 Å². The maximum absolute atomic E-state index is 10.2. The van der Waals surface area contributed by atoms with Gasteiger partial charge in [0.25, 0.3) is 0 Å². The molecule has 0 aromatic carbocycles. The van der Waals surface area contributed by atoms with Gasteiger partial charge in [-0.2, -0.15) is 0 Å². The molecular weight excluding hydrogens is 122 g/mol. The van der Waals surface area contributed by atoms with E-state index >= 15 is 0 Å². The summed E-state index contributed by atoms with van der Waals surface area (Å²) < 4.78 is 4.38. The number of carboxylic acid groups (broad SMARTS) is 1. The van der Waals surface area contributed by atoms with Crippen molar-refractivity contribution in [2.75, 3.05) is 0 Å². The van der Waals surface area contributed by atoms with Crippen LogP contribution in [0.4, 0.5) is 0 Å². The van der Waals surface area contributed by atoms with Crippen LogP contribution in [0.25, 0.3) is 0 Å². The molecule has 0 spiro atoms. The lowest BCUT2D eigenvalue weighted by atomic mass is 10.3. The van der Waals surface area contributed by atoms with E-state index in [-0.39, 0.29) is 5.69 Å². The first-order valence-electron chi connectivity index (χ1n) is 2.36. The molecular formula is C5H5NO3. The number of hydrogen-bond acceptors (Lipinski definition) is 3. The van der Waals surface area contributed by atoms with Gasteiger partial charge < -0.3 is 9.63 Å². The van der Waals surface area contributed by atoms with E-state index in [4.69, 9.17) is 5.11 Å². The molecule has 0 aliphatic carbocycles. The van der Waals surface area contributed by atoms with Crippen LogP contribution in [0, 0.1) is 6.92 Å². The molecule has 1 aromatic heterocycles. The van der Waals surface area contributed by atoms with Crippen molar-refractivity contribution in [2.45, 2.75) is 6.92 Å². The fourth-order valence-corrected chi connectivity index (χ4v) is 0.494. The van der Waals surface area contributed by atoms with Crippen LogP contribution in [0.15, 0.2) is 10.8 Å². The lowest BCUT2D eigenvalue weighted by Gasteiger charge is -1.81. The van der Waals surface area contributed by atoms with Crippen LogP contribution in [0.5, 0.6) is 0 Å². The van der Waals surface area contributed by atoms with Gasteiger partial charge in [-0.05, 0) is 6.92 Å². The Balaban J connectivity index is 3.08. The zero-order valence-electron chi connectivity index (χ0n) is 4.79. The van der Waals surface area contributed by atoms with E-state index in [1.165, 1.54) is 6.26 Å². The zero-order chi connectivity index (χ0) is 6.85. The molecule has 0 aliphatic rings. The molecule has 0 saturated carbocycles. The van der Waals surface area contributed by atoms with Gasteiger partial charge in [-0.1, -0.05) is 5.16 Å². The average molecular weight is 127 g/mol. The first-order valence-corrected chi connectivity index (χ1v) is 2.36. The highest BCUT2D eigenvalue weighted by Gasteiger charge is 2.09. The summed E-state index contributed by atoms with van der Waals surface area (Å²) in [7, 11) is 0. The minimum absolute atomic E-state index is 0.0185. The fourth-order valence-electron chi connectivity index (χ4n) is 0.494. The Bertz CT molecular complexity index is 228. The third kappa shape index (κ3) is 0.910. The largest absolute Gasteiger partial charge is 0.476 e. The van der Waals surface area contributed by atoms with Crippen molar-refractivity contribution in [1.29, 1.82) is 0 Å². The first-order chi connectivity index (χ1) is 4.22. The summed E-state index contributed by atoms with van der Waals surface area (Å²) in [6.45, 7) is 1.62. The molecule has 1 heterocycles. The van der Waals surface area contributed by atoms with Crippen LogP contribution in [0.3, 0.4) is 0 Å². The number of hydrogen-bond donors (Lipinski definition) is 1. The highest BCUT2D eigenvalue weighted by Crippen LogP contribution is 2.02. The Hall–Kier alpha value is -1.32. The molecule has 9 heavy (non-hydrogen) atoms. The molecule has 0 bridgehead atoms. The Morgan fingerprint density at radius 3 is 2.78 bits per heavy atom. The Morgan fingerprint density at radius 1 is 1.89 bits per heavy atom. The van der Waals surface area contributed by atoms with E-state index in [1.807, 2.05) is 0 Å². The van der Waals surface area contributed by atoms with Crippen molar-refractivity contribution in [1.82, 2.24) is 5.16 Å². The molecule has 0 saturated heterocycles. The topological polar surface area (TPSA) is 63.3 Å². The van der Waals surface area contributed by atoms with Crippen LogP contribution in [-0.4, -0.2) is 16.2 Å². The molecule has 4 nitrogen and oxygen atoms in total. The van der Waals surface area contributed by atoms with Gasteiger partial charge in [0.15, 0.2) is 5.69 Å². The van der Waals surface area contributed by atoms with Crippen molar-refractivity contribution >= 4 is 5.97 Å². The molecule has 0 atom stereocenters. The molecule has 0 unspecified atom stereocenters. The zero-order valence-corrected chi connectivity index (χ0v) is 4.79. The number of aromatic nitrogens is 1. The van der Waals surface area contributed by atoms with Gasteiger partial charge in [0.2, 0.25) is 0 Å². The first kappa shape index (κ1) is 5.81. The van der Waals surface area contributed by atoms with Crippen LogP contribution in [0.1, 0.15) is 16.1 Å². The van der Waals surface area contributed by atoms with Gasteiger partial charge in [-0.15, -0.1) is 0 Å². The third-order valence-electron chi connectivity index (χ3n) is 0.950. The van der Waals surface area contributed by atoms with Crippen LogP contribution >= 0.6 is 0 Å². The van der Waals surface area contributed by atoms with E-state index in [2.05, 4.69) is 9.68 Å². The number of carboxylic acids is 1. The monoisotopic (exact) mass is 127 g/mol. The quantitative estimate of drug-likeness (QED) is 0.602. The summed E-state index contributed by atoms with van der Waals surface area (Å²) in [6.07, 6.45) is 1.30. The molecule has 0 radical (unpaired) electrons. The molecule has 0 aliphatic heterocycles. The van der Waals surface area contributed by atoms with Crippen molar-refractivity contribution < 1.29 is 14.4 Å². The maximum Gasteiger partial charge on any atom is 0.358 e. The van der Waals surface area contributed by atoms with Gasteiger partial charge >= 0.3 is 5.97 Å². The van der Waals surface area contributed by atoms with Crippen LogP contribution in [-0.2, 0) is 0 Å². The Morgan fingerprint density at radius 2 is 2.56 bits per heavy atom. The standard InChI is InChI=1S/C5H5NO3/c1-3-2-9-6-4(3)5(7)8/h2H,1H3,(H,7,8). The second-order valence-electron chi connectivity index (χ2n) is 1.65. The van der Waals surface area contributed by atoms with E-state index in [9.17, 15) is 4.79 Å². The lowest BCUT2D eigenvalue weighted by molar-refractivity contribution is 0.0685. The Kier molecular flexibility index (Phi) is 1.22. The minimum atomic E-state index is -1.05. The van der Waals surface area contributed by atoms with Gasteiger partial charge in [-0.25, -0.2) is 4.79 Å². The normalized spacial score (nSPS) is 9.44. The number of rotatable bonds is 1. The van der Waals surface area contributed by atoms with E-state index in [1.54, 1.807) is 6.92 Å². The second-order valence-corrected chi connectivity index (χ2v) is 1.65. The molecule has 0 amide bonds. The number of aryl methyl sites for hydroxylation is 1. The summed E-state index contributed by atoms with van der Waals surface area (Å²) >= 11 is 0. The highest BCUT2D eigenvalue weighted by molar-refractivity contribution is 5.86. The Labute approximate surface area is 51.1 Å². The average Bonchev–Trinajstić information content (AvgIpc) is 2.13. The molecule has 0 fully saturated rings. The maximum atomic E-state index is 10.2. The van der Waals surface area contributed by atoms with E-state index in [0.29, 0.717) is 5.56 Å². The SMILES string of the molecule is Cc1conc1C(=O)O. The van der Waals surface area contributed by atoms with E-state index < -0.39 is 5.97 Å². The second kappa shape index (κ2) is 1.89. The van der Waals surface area contributed by atoms with Crippen LogP contribution in [0.2, 0.25) is 0 Å². The molecule has 1 N–H and O–H groups in total. The highest BCUT2D eigenvalue weighted by atomic mass is 16.5. The van der Waals surface area contributed by atoms with Crippen molar-refractivity contribution in [3.05, 3.63) is 17.5 Å².